The molecule has 25 heavy (non-hydrogen) atoms. The van der Waals surface area contributed by atoms with Gasteiger partial charge in [-0.05, 0) is 0 Å². The van der Waals surface area contributed by atoms with Gasteiger partial charge in [0, 0.05) is 0 Å². The van der Waals surface area contributed by atoms with Gasteiger partial charge < -0.3 is 24.8 Å². The van der Waals surface area contributed by atoms with Gasteiger partial charge in [-0.25, -0.2) is 20.3 Å². The van der Waals surface area contributed by atoms with E-state index in [9.17, 15) is 0 Å². The quantitative estimate of drug-likeness (QED) is 0.411. The van der Waals surface area contributed by atoms with Gasteiger partial charge in [0.05, 0.1) is 0 Å². The summed E-state index contributed by atoms with van der Waals surface area (Å²) in [4.78, 5) is 0. The Hall–Kier alpha value is -1.01. The molecule has 124 valence electrons. The maximum Gasteiger partial charge on any atom is 4.00 e. The molecular weight excluding hydrogens is 402 g/mol. The Bertz CT molecular complexity index is 701. The van der Waals surface area contributed by atoms with E-state index in [1.807, 2.05) is 18.2 Å². The van der Waals surface area contributed by atoms with Crippen molar-refractivity contribution < 1.29 is 46.5 Å². The maximum atomic E-state index is 3.39. The molecule has 0 radical (unpaired) electrons. The molecule has 1 atom stereocenters. The minimum absolute atomic E-state index is 0. The molecule has 4 heteroatoms. The van der Waals surface area contributed by atoms with Crippen molar-refractivity contribution in [3.8, 4) is 21.7 Å². The summed E-state index contributed by atoms with van der Waals surface area (Å²) < 4.78 is 0. The third kappa shape index (κ3) is 7.41. The van der Waals surface area contributed by atoms with E-state index in [1.54, 1.807) is 0 Å². The molecule has 1 aliphatic rings. The van der Waals surface area contributed by atoms with Crippen LogP contribution in [-0.4, -0.2) is 0 Å². The fourth-order valence-corrected chi connectivity index (χ4v) is 3.40. The van der Waals surface area contributed by atoms with Crippen molar-refractivity contribution >= 4 is 8.19 Å². The number of rotatable bonds is 2. The predicted molar refractivity (Wildman–Crippen MR) is 97.2 cm³/mol. The zero-order chi connectivity index (χ0) is 15.0. The van der Waals surface area contributed by atoms with Crippen LogP contribution in [0.5, 0.6) is 0 Å². The third-order valence-corrected chi connectivity index (χ3v) is 4.74. The molecule has 0 aliphatic heterocycles. The number of allylic oxidation sites excluding steroid dienone is 4. The molecule has 1 unspecified atom stereocenters. The summed E-state index contributed by atoms with van der Waals surface area (Å²) in [6.45, 7) is 0. The Labute approximate surface area is 179 Å². The molecule has 0 saturated carbocycles. The summed E-state index contributed by atoms with van der Waals surface area (Å²) in [6, 6.07) is 26.6. The monoisotopic (exact) mass is 418 g/mol. The molecule has 0 amide bonds. The van der Waals surface area contributed by atoms with Gasteiger partial charge in [-0.15, -0.1) is 29.4 Å². The van der Waals surface area contributed by atoms with Gasteiger partial charge in [-0.1, -0.05) is 59.4 Å². The largest absolute Gasteiger partial charge is 4.00 e. The van der Waals surface area contributed by atoms with Crippen LogP contribution in [0.15, 0.2) is 85.0 Å². The Balaban J connectivity index is 0.000000630. The average Bonchev–Trinajstić information content (AvgIpc) is 3.31. The standard InChI is InChI=1S/C16H12P.C5H5.2ClH.Ti/c1-3-7-13(8-4-1)15-11-12-16(17-15)14-9-5-2-6-10-14;1-2-4-5-3-1;;;/h1-11,17H;1-3H,4H2;2*1H;/q2*-1;;;+4/p-2. The molecule has 0 nitrogen and oxygen atoms in total. The van der Waals surface area contributed by atoms with Crippen LogP contribution >= 0.6 is 8.19 Å². The van der Waals surface area contributed by atoms with E-state index in [0.29, 0.717) is 8.19 Å². The van der Waals surface area contributed by atoms with Crippen molar-refractivity contribution in [1.29, 1.82) is 0 Å². The van der Waals surface area contributed by atoms with Crippen molar-refractivity contribution in [2.45, 2.75) is 6.42 Å². The molecule has 3 aromatic rings. The molecule has 0 N–H and O–H groups in total. The number of halogens is 2. The second kappa shape index (κ2) is 13.2. The van der Waals surface area contributed by atoms with E-state index in [2.05, 4.69) is 78.9 Å². The Morgan fingerprint density at radius 2 is 1.40 bits per heavy atom. The van der Waals surface area contributed by atoms with Crippen LogP contribution in [0.3, 0.4) is 0 Å². The second-order valence-electron chi connectivity index (χ2n) is 4.94. The molecule has 1 aliphatic carbocycles. The maximum absolute atomic E-state index is 3.39. The van der Waals surface area contributed by atoms with Crippen molar-refractivity contribution in [3.05, 3.63) is 97.1 Å². The van der Waals surface area contributed by atoms with Crippen LogP contribution in [0, 0.1) is 12.1 Å². The van der Waals surface area contributed by atoms with Crippen molar-refractivity contribution in [2.75, 3.05) is 0 Å². The van der Waals surface area contributed by atoms with Gasteiger partial charge in [0.1, 0.15) is 0 Å². The van der Waals surface area contributed by atoms with Crippen molar-refractivity contribution in [1.82, 2.24) is 0 Å². The summed E-state index contributed by atoms with van der Waals surface area (Å²) in [5.74, 6) is 0. The van der Waals surface area contributed by atoms with E-state index in [-0.39, 0.29) is 46.5 Å². The number of hydrogen-bond donors (Lipinski definition) is 0. The van der Waals surface area contributed by atoms with Gasteiger partial charge in [0.15, 0.2) is 0 Å². The van der Waals surface area contributed by atoms with Crippen molar-refractivity contribution in [3.63, 3.8) is 0 Å². The van der Waals surface area contributed by atoms with E-state index in [0.717, 1.165) is 6.42 Å². The van der Waals surface area contributed by atoms with E-state index in [4.69, 9.17) is 0 Å². The molecule has 1 heterocycles. The van der Waals surface area contributed by atoms with Crippen LogP contribution in [0.2, 0.25) is 0 Å². The smallest absolute Gasteiger partial charge is 1.00 e. The topological polar surface area (TPSA) is 0 Å². The number of hydrogen-bond acceptors (Lipinski definition) is 0. The fourth-order valence-electron chi connectivity index (χ4n) is 2.22. The third-order valence-electron chi connectivity index (χ3n) is 3.35. The van der Waals surface area contributed by atoms with Gasteiger partial charge >= 0.3 is 21.7 Å². The summed E-state index contributed by atoms with van der Waals surface area (Å²) in [6.07, 6.45) is 10.0. The first-order chi connectivity index (χ1) is 10.9. The van der Waals surface area contributed by atoms with Crippen molar-refractivity contribution in [2.24, 2.45) is 0 Å². The average molecular weight is 419 g/mol. The molecule has 0 saturated heterocycles. The normalized spacial score (nSPS) is 10.9. The summed E-state index contributed by atoms with van der Waals surface area (Å²) in [5.41, 5.74) is 2.59. The Kier molecular flexibility index (Phi) is 12.7. The fraction of sp³-hybridized carbons (Fsp3) is 0.0476. The van der Waals surface area contributed by atoms with Gasteiger partial charge in [-0.3, -0.25) is 6.08 Å². The van der Waals surface area contributed by atoms with Crippen LogP contribution < -0.4 is 24.8 Å². The van der Waals surface area contributed by atoms with Gasteiger partial charge in [-0.2, -0.15) is 18.2 Å². The predicted octanol–water partition coefficient (Wildman–Crippen LogP) is 0.163. The molecule has 1 aromatic heterocycles. The minimum Gasteiger partial charge on any atom is -1.00 e. The van der Waals surface area contributed by atoms with Crippen LogP contribution in [0.25, 0.3) is 21.7 Å². The van der Waals surface area contributed by atoms with E-state index >= 15 is 0 Å². The Morgan fingerprint density at radius 1 is 0.800 bits per heavy atom. The molecule has 0 fully saturated rings. The minimum atomic E-state index is 0. The first-order valence-electron chi connectivity index (χ1n) is 7.37. The molecule has 4 rings (SSSR count). The van der Waals surface area contributed by atoms with Gasteiger partial charge in [0.2, 0.25) is 0 Å². The van der Waals surface area contributed by atoms with Crippen LogP contribution in [0.1, 0.15) is 6.42 Å². The zero-order valence-electron chi connectivity index (χ0n) is 13.5. The van der Waals surface area contributed by atoms with Gasteiger partial charge in [0.25, 0.3) is 0 Å². The first kappa shape index (κ1) is 24.0. The SMILES string of the molecule is [C-]1=CC=CC1.[Cl-].[Cl-].[Ti+4].[c-]1cc(-c2ccccc2)[pH]c1-c1ccccc1. The first-order valence-corrected chi connectivity index (χ1v) is 8.37. The molecule has 0 spiro atoms. The van der Waals surface area contributed by atoms with E-state index < -0.39 is 0 Å². The zero-order valence-corrected chi connectivity index (χ0v) is 17.6. The van der Waals surface area contributed by atoms with Crippen LogP contribution in [-0.2, 0) is 21.7 Å². The Morgan fingerprint density at radius 3 is 1.88 bits per heavy atom. The number of benzene rings is 2. The van der Waals surface area contributed by atoms with Crippen LogP contribution in [0.4, 0.5) is 0 Å². The van der Waals surface area contributed by atoms with E-state index in [1.165, 1.54) is 21.7 Å². The molecule has 2 aromatic carbocycles. The summed E-state index contributed by atoms with van der Waals surface area (Å²) in [5, 5.41) is 2.69. The summed E-state index contributed by atoms with van der Waals surface area (Å²) >= 11 is 0. The summed E-state index contributed by atoms with van der Waals surface area (Å²) in [7, 11) is 0.712. The molecular formula is C21H17Cl2PTi. The second-order valence-corrected chi connectivity index (χ2v) is 6.23. The molecule has 0 bridgehead atoms.